The molecular formula is C19H20N4O3S. The lowest BCUT2D eigenvalue weighted by Crippen LogP contribution is -2.17. The van der Waals surface area contributed by atoms with E-state index in [0.29, 0.717) is 11.4 Å². The number of pyridine rings is 1. The van der Waals surface area contributed by atoms with E-state index >= 15 is 0 Å². The first-order valence-electron chi connectivity index (χ1n) is 8.67. The van der Waals surface area contributed by atoms with Gasteiger partial charge in [-0.2, -0.15) is 5.10 Å². The number of nitrogens with zero attached hydrogens (tertiary/aromatic N) is 2. The Bertz CT molecular complexity index is 1090. The molecule has 0 saturated heterocycles. The zero-order valence-electron chi connectivity index (χ0n) is 15.3. The van der Waals surface area contributed by atoms with Crippen LogP contribution in [0.1, 0.15) is 36.3 Å². The van der Waals surface area contributed by atoms with Gasteiger partial charge in [0.25, 0.3) is 5.56 Å². The van der Waals surface area contributed by atoms with E-state index in [2.05, 4.69) is 15.4 Å². The summed E-state index contributed by atoms with van der Waals surface area (Å²) in [4.78, 5) is 27.9. The molecule has 1 aliphatic heterocycles. The van der Waals surface area contributed by atoms with Gasteiger partial charge in [-0.1, -0.05) is 0 Å². The normalized spacial score (nSPS) is 16.9. The number of H-pyrrole nitrogens is 1. The number of thioether (sulfide) groups is 1. The molecule has 140 valence electrons. The number of methoxy groups -OCH3 is 1. The van der Waals surface area contributed by atoms with Gasteiger partial charge < -0.3 is 15.0 Å². The molecule has 3 aromatic rings. The van der Waals surface area contributed by atoms with Crippen LogP contribution in [0.2, 0.25) is 0 Å². The van der Waals surface area contributed by atoms with E-state index in [1.165, 1.54) is 11.8 Å². The predicted molar refractivity (Wildman–Crippen MR) is 107 cm³/mol. The van der Waals surface area contributed by atoms with Crippen molar-refractivity contribution in [2.24, 2.45) is 0 Å². The van der Waals surface area contributed by atoms with Crippen molar-refractivity contribution >= 4 is 34.4 Å². The average Bonchev–Trinajstić information content (AvgIpc) is 2.98. The summed E-state index contributed by atoms with van der Waals surface area (Å²) in [6, 6.07) is 7.49. The van der Waals surface area contributed by atoms with E-state index in [1.54, 1.807) is 18.0 Å². The van der Waals surface area contributed by atoms with E-state index in [9.17, 15) is 9.59 Å². The quantitative estimate of drug-likeness (QED) is 0.724. The maximum atomic E-state index is 12.8. The van der Waals surface area contributed by atoms with Gasteiger partial charge in [0, 0.05) is 28.1 Å². The molecule has 1 aliphatic rings. The molecule has 0 radical (unpaired) electrons. The van der Waals surface area contributed by atoms with Crippen LogP contribution in [0.25, 0.3) is 10.9 Å². The van der Waals surface area contributed by atoms with Crippen LogP contribution in [-0.2, 0) is 4.79 Å². The van der Waals surface area contributed by atoms with Crippen molar-refractivity contribution in [1.29, 1.82) is 0 Å². The lowest BCUT2D eigenvalue weighted by atomic mass is 10.1. The number of benzene rings is 1. The molecule has 3 heterocycles. The summed E-state index contributed by atoms with van der Waals surface area (Å²) in [5.74, 6) is 1.56. The van der Waals surface area contributed by atoms with Gasteiger partial charge in [0.05, 0.1) is 24.3 Å². The summed E-state index contributed by atoms with van der Waals surface area (Å²) in [5.41, 5.74) is 2.02. The Labute approximate surface area is 160 Å². The number of aromatic nitrogens is 3. The standard InChI is InChI=1S/C19H20N4O3S/c1-10(2)23-18-14(8-20-23)17(27-9-16(24)22-18)13-7-11-6-12(26-3)4-5-15(11)21-19(13)25/h4-8,10,17H,9H2,1-3H3,(H,21,25)(H,22,24). The molecule has 2 aromatic heterocycles. The summed E-state index contributed by atoms with van der Waals surface area (Å²) in [6.45, 7) is 4.00. The fraction of sp³-hybridized carbons (Fsp3) is 0.316. The molecule has 0 fully saturated rings. The lowest BCUT2D eigenvalue weighted by Gasteiger charge is -2.15. The Balaban J connectivity index is 1.89. The number of hydrogen-bond acceptors (Lipinski definition) is 5. The van der Waals surface area contributed by atoms with Crippen LogP contribution in [0.5, 0.6) is 5.75 Å². The Morgan fingerprint density at radius 2 is 2.07 bits per heavy atom. The number of carbonyl (C=O) groups is 1. The van der Waals surface area contributed by atoms with Crippen molar-refractivity contribution < 1.29 is 9.53 Å². The summed E-state index contributed by atoms with van der Waals surface area (Å²) >= 11 is 1.43. The first kappa shape index (κ1) is 17.7. The Morgan fingerprint density at radius 3 is 2.81 bits per heavy atom. The minimum atomic E-state index is -0.286. The number of nitrogens with one attached hydrogen (secondary N) is 2. The van der Waals surface area contributed by atoms with E-state index in [4.69, 9.17) is 4.74 Å². The Hall–Kier alpha value is -2.74. The molecule has 2 N–H and O–H groups in total. The van der Waals surface area contributed by atoms with Crippen LogP contribution in [0.4, 0.5) is 5.82 Å². The second kappa shape index (κ2) is 6.77. The van der Waals surface area contributed by atoms with Gasteiger partial charge in [-0.05, 0) is 38.1 Å². The first-order valence-corrected chi connectivity index (χ1v) is 9.72. The van der Waals surface area contributed by atoms with E-state index in [1.807, 2.05) is 38.1 Å². The van der Waals surface area contributed by atoms with Gasteiger partial charge in [0.1, 0.15) is 11.6 Å². The Kier molecular flexibility index (Phi) is 4.43. The van der Waals surface area contributed by atoms with Gasteiger partial charge in [0.2, 0.25) is 5.91 Å². The molecule has 0 bridgehead atoms. The zero-order chi connectivity index (χ0) is 19.1. The van der Waals surface area contributed by atoms with Gasteiger partial charge in [0.15, 0.2) is 0 Å². The number of ether oxygens (including phenoxy) is 1. The highest BCUT2D eigenvalue weighted by molar-refractivity contribution is 8.00. The van der Waals surface area contributed by atoms with Crippen molar-refractivity contribution in [3.8, 4) is 5.75 Å². The van der Waals surface area contributed by atoms with Gasteiger partial charge in [-0.25, -0.2) is 4.68 Å². The van der Waals surface area contributed by atoms with Gasteiger partial charge in [-0.15, -0.1) is 11.8 Å². The SMILES string of the molecule is COc1ccc2[nH]c(=O)c(C3SCC(=O)Nc4c3cnn4C(C)C)cc2c1. The average molecular weight is 384 g/mol. The van der Waals surface area contributed by atoms with Crippen LogP contribution in [-0.4, -0.2) is 33.5 Å². The van der Waals surface area contributed by atoms with E-state index < -0.39 is 0 Å². The minimum Gasteiger partial charge on any atom is -0.497 e. The molecule has 8 heteroatoms. The summed E-state index contributed by atoms with van der Waals surface area (Å²) < 4.78 is 7.07. The summed E-state index contributed by atoms with van der Waals surface area (Å²) in [7, 11) is 1.61. The predicted octanol–water partition coefficient (Wildman–Crippen LogP) is 3.09. The molecule has 0 spiro atoms. The topological polar surface area (TPSA) is 89.0 Å². The summed E-state index contributed by atoms with van der Waals surface area (Å²) in [5, 5.41) is 7.95. The smallest absolute Gasteiger partial charge is 0.253 e. The highest BCUT2D eigenvalue weighted by Gasteiger charge is 2.30. The van der Waals surface area contributed by atoms with Crippen LogP contribution in [0.3, 0.4) is 0 Å². The molecule has 1 amide bonds. The molecule has 1 atom stereocenters. The second-order valence-electron chi connectivity index (χ2n) is 6.73. The van der Waals surface area contributed by atoms with Crippen molar-refractivity contribution in [2.75, 3.05) is 18.2 Å². The maximum Gasteiger partial charge on any atom is 0.253 e. The van der Waals surface area contributed by atoms with Crippen molar-refractivity contribution in [2.45, 2.75) is 25.1 Å². The molecule has 4 rings (SSSR count). The van der Waals surface area contributed by atoms with E-state index in [-0.39, 0.29) is 28.5 Å². The van der Waals surface area contributed by atoms with Crippen molar-refractivity contribution in [3.63, 3.8) is 0 Å². The molecule has 1 unspecified atom stereocenters. The minimum absolute atomic E-state index is 0.0926. The monoisotopic (exact) mass is 384 g/mol. The number of amides is 1. The van der Waals surface area contributed by atoms with Crippen LogP contribution in [0, 0.1) is 0 Å². The third-order valence-corrected chi connectivity index (χ3v) is 5.87. The first-order chi connectivity index (χ1) is 13.0. The highest BCUT2D eigenvalue weighted by Crippen LogP contribution is 2.41. The number of rotatable bonds is 3. The van der Waals surface area contributed by atoms with Gasteiger partial charge >= 0.3 is 0 Å². The molecule has 27 heavy (non-hydrogen) atoms. The number of aromatic amines is 1. The Morgan fingerprint density at radius 1 is 1.26 bits per heavy atom. The lowest BCUT2D eigenvalue weighted by molar-refractivity contribution is -0.113. The summed E-state index contributed by atoms with van der Waals surface area (Å²) in [6.07, 6.45) is 1.74. The zero-order valence-corrected chi connectivity index (χ0v) is 16.1. The molecule has 0 saturated carbocycles. The highest BCUT2D eigenvalue weighted by atomic mass is 32.2. The largest absolute Gasteiger partial charge is 0.497 e. The van der Waals surface area contributed by atoms with Crippen LogP contribution >= 0.6 is 11.8 Å². The van der Waals surface area contributed by atoms with E-state index in [0.717, 1.165) is 22.2 Å². The molecule has 0 aliphatic carbocycles. The third-order valence-electron chi connectivity index (χ3n) is 4.60. The fourth-order valence-corrected chi connectivity index (χ4v) is 4.38. The van der Waals surface area contributed by atoms with Crippen LogP contribution < -0.4 is 15.6 Å². The number of carbonyl (C=O) groups excluding carboxylic acids is 1. The second-order valence-corrected chi connectivity index (χ2v) is 7.83. The number of fused-ring (bicyclic) bond motifs is 2. The third kappa shape index (κ3) is 3.10. The molecular weight excluding hydrogens is 364 g/mol. The fourth-order valence-electron chi connectivity index (χ4n) is 3.29. The van der Waals surface area contributed by atoms with Crippen molar-refractivity contribution in [3.05, 3.63) is 51.9 Å². The molecule has 7 nitrogen and oxygen atoms in total. The van der Waals surface area contributed by atoms with Crippen molar-refractivity contribution in [1.82, 2.24) is 14.8 Å². The van der Waals surface area contributed by atoms with Crippen LogP contribution in [0.15, 0.2) is 35.3 Å². The molecule has 1 aromatic carbocycles. The number of hydrogen-bond donors (Lipinski definition) is 2. The van der Waals surface area contributed by atoms with Gasteiger partial charge in [-0.3, -0.25) is 9.59 Å². The maximum absolute atomic E-state index is 12.8. The number of anilines is 1.